The van der Waals surface area contributed by atoms with Crippen LogP contribution in [0.3, 0.4) is 0 Å². The van der Waals surface area contributed by atoms with E-state index in [9.17, 15) is 15.0 Å². The number of allylic oxidation sites excluding steroid dienone is 1. The van der Waals surface area contributed by atoms with Crippen molar-refractivity contribution in [2.45, 2.75) is 71.3 Å². The van der Waals surface area contributed by atoms with Crippen molar-refractivity contribution in [1.29, 1.82) is 0 Å². The van der Waals surface area contributed by atoms with Crippen LogP contribution in [0.2, 0.25) is 0 Å². The Morgan fingerprint density at radius 2 is 1.83 bits per heavy atom. The second-order valence-electron chi connectivity index (χ2n) is 9.33. The number of hydrogen-bond donors (Lipinski definition) is 2. The van der Waals surface area contributed by atoms with Gasteiger partial charge in [-0.2, -0.15) is 0 Å². The van der Waals surface area contributed by atoms with E-state index in [0.29, 0.717) is 6.42 Å². The van der Waals surface area contributed by atoms with Crippen molar-refractivity contribution in [3.63, 3.8) is 0 Å². The molecule has 23 heavy (non-hydrogen) atoms. The van der Waals surface area contributed by atoms with Gasteiger partial charge in [0.2, 0.25) is 0 Å². The highest BCUT2D eigenvalue weighted by Crippen LogP contribution is 2.65. The normalized spacial score (nSPS) is 53.3. The van der Waals surface area contributed by atoms with Gasteiger partial charge in [-0.1, -0.05) is 26.8 Å². The lowest BCUT2D eigenvalue weighted by molar-refractivity contribution is -0.208. The Hall–Kier alpha value is -0.670. The van der Waals surface area contributed by atoms with E-state index in [-0.39, 0.29) is 35.1 Å². The molecular formula is C20H32O3. The lowest BCUT2D eigenvalue weighted by Gasteiger charge is -2.64. The molecule has 130 valence electrons. The molecule has 0 spiro atoms. The van der Waals surface area contributed by atoms with Crippen LogP contribution >= 0.6 is 0 Å². The minimum atomic E-state index is -0.650. The summed E-state index contributed by atoms with van der Waals surface area (Å²) in [5.41, 5.74) is -1.32. The molecule has 0 bridgehead atoms. The molecule has 3 aliphatic carbocycles. The van der Waals surface area contributed by atoms with Crippen LogP contribution in [0.25, 0.3) is 0 Å². The topological polar surface area (TPSA) is 57.5 Å². The monoisotopic (exact) mass is 320 g/mol. The number of carbonyl (C=O) groups excluding carboxylic acids is 1. The molecule has 3 heteroatoms. The average Bonchev–Trinajstić information content (AvgIpc) is 2.50. The highest BCUT2D eigenvalue weighted by molar-refractivity contribution is 5.86. The smallest absolute Gasteiger partial charge is 0.141 e. The number of carbonyl (C=O) groups is 1. The van der Waals surface area contributed by atoms with Gasteiger partial charge in [-0.3, -0.25) is 4.79 Å². The SMILES string of the molecule is C=C[C@@]1(C)CC[C@H]2[C@@](O)(CC[C@@H]3[C@]2(C)CCC(=O)[C@]3(C)CO)C1. The first-order valence-electron chi connectivity index (χ1n) is 9.14. The summed E-state index contributed by atoms with van der Waals surface area (Å²) in [6.07, 6.45) is 7.79. The van der Waals surface area contributed by atoms with Crippen molar-refractivity contribution < 1.29 is 15.0 Å². The van der Waals surface area contributed by atoms with Gasteiger partial charge in [0.1, 0.15) is 5.78 Å². The molecule has 3 rings (SSSR count). The van der Waals surface area contributed by atoms with E-state index in [1.54, 1.807) is 0 Å². The number of hydrogen-bond acceptors (Lipinski definition) is 3. The molecule has 0 saturated heterocycles. The molecule has 3 nitrogen and oxygen atoms in total. The van der Waals surface area contributed by atoms with Crippen molar-refractivity contribution >= 4 is 5.78 Å². The Kier molecular flexibility index (Phi) is 3.85. The third-order valence-corrected chi connectivity index (χ3v) is 7.94. The van der Waals surface area contributed by atoms with Gasteiger partial charge in [0.05, 0.1) is 17.6 Å². The van der Waals surface area contributed by atoms with Gasteiger partial charge < -0.3 is 10.2 Å². The second kappa shape index (κ2) is 5.16. The summed E-state index contributed by atoms with van der Waals surface area (Å²) in [5.74, 6) is 0.611. The molecule has 2 N–H and O–H groups in total. The molecule has 0 aromatic carbocycles. The quantitative estimate of drug-likeness (QED) is 0.766. The molecule has 0 aliphatic heterocycles. The summed E-state index contributed by atoms with van der Waals surface area (Å²) in [6, 6.07) is 0. The summed E-state index contributed by atoms with van der Waals surface area (Å²) in [5, 5.41) is 21.4. The van der Waals surface area contributed by atoms with Gasteiger partial charge >= 0.3 is 0 Å². The lowest BCUT2D eigenvalue weighted by Crippen LogP contribution is -2.64. The highest BCUT2D eigenvalue weighted by Gasteiger charge is 2.64. The predicted octanol–water partition coefficient (Wildman–Crippen LogP) is 3.49. The molecule has 6 atom stereocenters. The van der Waals surface area contributed by atoms with E-state index in [1.165, 1.54) is 0 Å². The van der Waals surface area contributed by atoms with Gasteiger partial charge in [-0.15, -0.1) is 6.58 Å². The fourth-order valence-electron chi connectivity index (χ4n) is 6.46. The molecule has 0 amide bonds. The van der Waals surface area contributed by atoms with Crippen molar-refractivity contribution in [2.24, 2.45) is 28.1 Å². The molecule has 0 heterocycles. The summed E-state index contributed by atoms with van der Waals surface area (Å²) in [6.45, 7) is 10.3. The third kappa shape index (κ3) is 2.26. The molecule has 0 radical (unpaired) electrons. The van der Waals surface area contributed by atoms with E-state index in [1.807, 2.05) is 13.0 Å². The van der Waals surface area contributed by atoms with E-state index >= 15 is 0 Å². The molecule has 0 unspecified atom stereocenters. The van der Waals surface area contributed by atoms with Crippen molar-refractivity contribution in [1.82, 2.24) is 0 Å². The zero-order chi connectivity index (χ0) is 17.1. The standard InChI is InChI=1S/C20H32O3/c1-5-17(2)9-6-15-18(3)10-8-16(22)19(4,13-21)14(18)7-11-20(15,23)12-17/h5,14-15,21,23H,1,6-13H2,2-4H3/t14-,15-,17+,18+,19-,20-/m1/s1. The van der Waals surface area contributed by atoms with Crippen LogP contribution in [0.1, 0.15) is 65.7 Å². The Morgan fingerprint density at radius 3 is 2.43 bits per heavy atom. The Balaban J connectivity index is 1.98. The second-order valence-corrected chi connectivity index (χ2v) is 9.33. The van der Waals surface area contributed by atoms with Gasteiger partial charge in [-0.25, -0.2) is 0 Å². The van der Waals surface area contributed by atoms with Gasteiger partial charge in [0.25, 0.3) is 0 Å². The summed E-state index contributed by atoms with van der Waals surface area (Å²) >= 11 is 0. The number of aliphatic hydroxyl groups excluding tert-OH is 1. The highest BCUT2D eigenvalue weighted by atomic mass is 16.3. The average molecular weight is 320 g/mol. The van der Waals surface area contributed by atoms with Crippen molar-refractivity contribution in [3.05, 3.63) is 12.7 Å². The number of fused-ring (bicyclic) bond motifs is 3. The first-order valence-corrected chi connectivity index (χ1v) is 9.14. The number of rotatable bonds is 2. The zero-order valence-electron chi connectivity index (χ0n) is 14.9. The lowest BCUT2D eigenvalue weighted by atomic mass is 9.41. The number of aliphatic hydroxyl groups is 2. The van der Waals surface area contributed by atoms with Crippen molar-refractivity contribution in [2.75, 3.05) is 6.61 Å². The Bertz CT molecular complexity index is 529. The maximum atomic E-state index is 12.5. The summed E-state index contributed by atoms with van der Waals surface area (Å²) < 4.78 is 0. The fraction of sp³-hybridized carbons (Fsp3) is 0.850. The van der Waals surface area contributed by atoms with Crippen LogP contribution in [0.4, 0.5) is 0 Å². The maximum absolute atomic E-state index is 12.5. The zero-order valence-corrected chi connectivity index (χ0v) is 14.9. The molecule has 0 aromatic heterocycles. The van der Waals surface area contributed by atoms with E-state index in [4.69, 9.17) is 0 Å². The Morgan fingerprint density at radius 1 is 1.17 bits per heavy atom. The fourth-order valence-corrected chi connectivity index (χ4v) is 6.46. The van der Waals surface area contributed by atoms with E-state index in [0.717, 1.165) is 38.5 Å². The maximum Gasteiger partial charge on any atom is 0.141 e. The molecule has 0 aromatic rings. The molecular weight excluding hydrogens is 288 g/mol. The molecule has 3 saturated carbocycles. The number of Topliss-reactive ketones (excluding diaryl/α,β-unsaturated/α-hetero) is 1. The first-order chi connectivity index (χ1) is 10.6. The molecule has 3 fully saturated rings. The Labute approximate surface area is 140 Å². The largest absolute Gasteiger partial charge is 0.395 e. The van der Waals surface area contributed by atoms with E-state index < -0.39 is 11.0 Å². The van der Waals surface area contributed by atoms with Crippen LogP contribution in [0.5, 0.6) is 0 Å². The van der Waals surface area contributed by atoms with Crippen molar-refractivity contribution in [3.8, 4) is 0 Å². The van der Waals surface area contributed by atoms with E-state index in [2.05, 4.69) is 20.4 Å². The minimum absolute atomic E-state index is 0.0131. The summed E-state index contributed by atoms with van der Waals surface area (Å²) in [4.78, 5) is 12.5. The minimum Gasteiger partial charge on any atom is -0.395 e. The third-order valence-electron chi connectivity index (χ3n) is 7.94. The predicted molar refractivity (Wildman–Crippen MR) is 90.9 cm³/mol. The van der Waals surface area contributed by atoms with Crippen LogP contribution in [0, 0.1) is 28.1 Å². The van der Waals surface area contributed by atoms with Gasteiger partial charge in [-0.05, 0) is 61.2 Å². The van der Waals surface area contributed by atoms with Crippen LogP contribution in [-0.4, -0.2) is 28.2 Å². The van der Waals surface area contributed by atoms with Gasteiger partial charge in [0.15, 0.2) is 0 Å². The number of ketones is 1. The van der Waals surface area contributed by atoms with Crippen LogP contribution in [-0.2, 0) is 4.79 Å². The summed E-state index contributed by atoms with van der Waals surface area (Å²) in [7, 11) is 0. The van der Waals surface area contributed by atoms with Crippen LogP contribution in [0.15, 0.2) is 12.7 Å². The first kappa shape index (κ1) is 17.2. The van der Waals surface area contributed by atoms with Gasteiger partial charge in [0, 0.05) is 6.42 Å². The molecule has 3 aliphatic rings. The van der Waals surface area contributed by atoms with Crippen LogP contribution < -0.4 is 0 Å².